The van der Waals surface area contributed by atoms with Crippen molar-refractivity contribution >= 4 is 52.3 Å². The van der Waals surface area contributed by atoms with E-state index in [1.165, 1.54) is 0 Å². The number of hydrogen-bond donors (Lipinski definition) is 2. The average Bonchev–Trinajstić information content (AvgIpc) is 3.27. The Bertz CT molecular complexity index is 1260. The van der Waals surface area contributed by atoms with Gasteiger partial charge in [0.2, 0.25) is 11.8 Å². The van der Waals surface area contributed by atoms with Crippen molar-refractivity contribution in [1.29, 1.82) is 0 Å². The minimum Gasteiger partial charge on any atom is -0.497 e. The van der Waals surface area contributed by atoms with Gasteiger partial charge in [0.25, 0.3) is 5.91 Å². The quantitative estimate of drug-likeness (QED) is 0.409. The summed E-state index contributed by atoms with van der Waals surface area (Å²) in [4.78, 5) is 39.0. The van der Waals surface area contributed by atoms with Gasteiger partial charge in [0, 0.05) is 40.9 Å². The lowest BCUT2D eigenvalue weighted by Crippen LogP contribution is -2.32. The van der Waals surface area contributed by atoms with Crippen molar-refractivity contribution in [3.8, 4) is 11.5 Å². The maximum Gasteiger partial charge on any atom is 0.262 e. The Kier molecular flexibility index (Phi) is 8.53. The third kappa shape index (κ3) is 7.15. The summed E-state index contributed by atoms with van der Waals surface area (Å²) in [6, 6.07) is 18.9. The number of rotatable bonds is 9. The summed E-state index contributed by atoms with van der Waals surface area (Å²) in [5.74, 6) is 0.0978. The first-order valence-electron chi connectivity index (χ1n) is 11.5. The molecule has 0 saturated carbocycles. The van der Waals surface area contributed by atoms with Crippen LogP contribution in [0.4, 0.5) is 11.4 Å². The predicted octanol–water partition coefficient (Wildman–Crippen LogP) is 4.69. The van der Waals surface area contributed by atoms with Gasteiger partial charge in [-0.15, -0.1) is 0 Å². The highest BCUT2D eigenvalue weighted by Crippen LogP contribution is 2.27. The van der Waals surface area contributed by atoms with E-state index in [0.717, 1.165) is 11.3 Å². The molecule has 10 heteroatoms. The number of anilines is 2. The third-order valence-electron chi connectivity index (χ3n) is 5.79. The molecule has 8 nitrogen and oxygen atoms in total. The number of halogens is 2. The molecule has 1 atom stereocenters. The van der Waals surface area contributed by atoms with Gasteiger partial charge in [-0.1, -0.05) is 35.3 Å². The summed E-state index contributed by atoms with van der Waals surface area (Å²) in [7, 11) is 1.60. The van der Waals surface area contributed by atoms with E-state index < -0.39 is 5.92 Å². The second-order valence-corrected chi connectivity index (χ2v) is 9.33. The molecule has 3 aromatic rings. The van der Waals surface area contributed by atoms with Crippen molar-refractivity contribution in [2.24, 2.45) is 5.92 Å². The Morgan fingerprint density at radius 3 is 2.27 bits per heavy atom. The molecule has 0 aliphatic carbocycles. The monoisotopic (exact) mass is 541 g/mol. The first kappa shape index (κ1) is 26.3. The molecular weight excluding hydrogens is 517 g/mol. The SMILES string of the molecule is COc1ccc(CNC(=O)[C@@H]2CC(=O)N(c3ccc(OCC(=O)Nc4cc(Cl)cc(Cl)c4)cc3)C2)cc1. The summed E-state index contributed by atoms with van der Waals surface area (Å²) in [6.45, 7) is 0.443. The van der Waals surface area contributed by atoms with Gasteiger partial charge in [-0.3, -0.25) is 14.4 Å². The summed E-state index contributed by atoms with van der Waals surface area (Å²) in [5.41, 5.74) is 2.06. The van der Waals surface area contributed by atoms with E-state index in [0.29, 0.717) is 33.7 Å². The topological polar surface area (TPSA) is 97.0 Å². The molecule has 1 heterocycles. The van der Waals surface area contributed by atoms with Gasteiger partial charge in [-0.05, 0) is 60.2 Å². The molecule has 0 spiro atoms. The molecule has 0 unspecified atom stereocenters. The van der Waals surface area contributed by atoms with E-state index in [2.05, 4.69) is 10.6 Å². The van der Waals surface area contributed by atoms with Crippen molar-refractivity contribution in [3.63, 3.8) is 0 Å². The summed E-state index contributed by atoms with van der Waals surface area (Å²) < 4.78 is 10.7. The van der Waals surface area contributed by atoms with Crippen molar-refractivity contribution in [2.75, 3.05) is 30.5 Å². The van der Waals surface area contributed by atoms with Crippen LogP contribution in [0.5, 0.6) is 11.5 Å². The standard InChI is InChI=1S/C27H25Cl2N3O5/c1-36-23-6-2-17(3-7-23)14-30-27(35)18-10-26(34)32(15-18)22-4-8-24(9-5-22)37-16-25(33)31-21-12-19(28)11-20(29)13-21/h2-9,11-13,18H,10,14-16H2,1H3,(H,30,35)(H,31,33)/t18-/m1/s1. The van der Waals surface area contributed by atoms with Crippen LogP contribution >= 0.6 is 23.2 Å². The lowest BCUT2D eigenvalue weighted by molar-refractivity contribution is -0.126. The molecule has 1 saturated heterocycles. The van der Waals surface area contributed by atoms with Gasteiger partial charge in [0.1, 0.15) is 11.5 Å². The zero-order chi connectivity index (χ0) is 26.4. The third-order valence-corrected chi connectivity index (χ3v) is 6.22. The smallest absolute Gasteiger partial charge is 0.262 e. The number of methoxy groups -OCH3 is 1. The van der Waals surface area contributed by atoms with Crippen LogP contribution in [0.15, 0.2) is 66.7 Å². The van der Waals surface area contributed by atoms with E-state index in [9.17, 15) is 14.4 Å². The lowest BCUT2D eigenvalue weighted by atomic mass is 10.1. The number of carbonyl (C=O) groups excluding carboxylic acids is 3. The number of nitrogens with one attached hydrogen (secondary N) is 2. The molecule has 4 rings (SSSR count). The van der Waals surface area contributed by atoms with Gasteiger partial charge in [0.15, 0.2) is 6.61 Å². The molecule has 37 heavy (non-hydrogen) atoms. The molecule has 0 aromatic heterocycles. The van der Waals surface area contributed by atoms with Gasteiger partial charge >= 0.3 is 0 Å². The molecule has 1 fully saturated rings. The average molecular weight is 542 g/mol. The van der Waals surface area contributed by atoms with Gasteiger partial charge in [-0.2, -0.15) is 0 Å². The van der Waals surface area contributed by atoms with Crippen molar-refractivity contribution in [1.82, 2.24) is 5.32 Å². The Labute approximate surface area is 224 Å². The van der Waals surface area contributed by atoms with Crippen LogP contribution in [0.3, 0.4) is 0 Å². The number of ether oxygens (including phenoxy) is 2. The first-order valence-corrected chi connectivity index (χ1v) is 12.3. The molecule has 3 aromatic carbocycles. The number of amides is 3. The minimum atomic E-state index is -0.439. The largest absolute Gasteiger partial charge is 0.497 e. The van der Waals surface area contributed by atoms with Crippen LogP contribution in [0, 0.1) is 5.92 Å². The maximum absolute atomic E-state index is 12.6. The number of nitrogens with zero attached hydrogens (tertiary/aromatic N) is 1. The van der Waals surface area contributed by atoms with Gasteiger partial charge in [0.05, 0.1) is 13.0 Å². The Hall–Kier alpha value is -3.75. The zero-order valence-corrected chi connectivity index (χ0v) is 21.5. The summed E-state index contributed by atoms with van der Waals surface area (Å²) in [5, 5.41) is 6.39. The first-order chi connectivity index (χ1) is 17.8. The molecule has 192 valence electrons. The molecule has 0 radical (unpaired) electrons. The van der Waals surface area contributed by atoms with E-state index in [-0.39, 0.29) is 37.3 Å². The maximum atomic E-state index is 12.6. The minimum absolute atomic E-state index is 0.127. The zero-order valence-electron chi connectivity index (χ0n) is 20.0. The highest BCUT2D eigenvalue weighted by atomic mass is 35.5. The number of hydrogen-bond acceptors (Lipinski definition) is 5. The highest BCUT2D eigenvalue weighted by molar-refractivity contribution is 6.35. The molecule has 3 amide bonds. The molecule has 0 bridgehead atoms. The fourth-order valence-electron chi connectivity index (χ4n) is 3.90. The van der Waals surface area contributed by atoms with E-state index in [1.54, 1.807) is 54.5 Å². The van der Waals surface area contributed by atoms with Crippen LogP contribution in [-0.4, -0.2) is 38.0 Å². The molecule has 2 N–H and O–H groups in total. The fraction of sp³-hybridized carbons (Fsp3) is 0.222. The van der Waals surface area contributed by atoms with E-state index >= 15 is 0 Å². The second-order valence-electron chi connectivity index (χ2n) is 8.46. The molecule has 1 aliphatic rings. The highest BCUT2D eigenvalue weighted by Gasteiger charge is 2.35. The Balaban J connectivity index is 1.26. The lowest BCUT2D eigenvalue weighted by Gasteiger charge is -2.17. The van der Waals surface area contributed by atoms with Gasteiger partial charge < -0.3 is 25.0 Å². The molecular formula is C27H25Cl2N3O5. The normalized spacial score (nSPS) is 14.8. The van der Waals surface area contributed by atoms with Gasteiger partial charge in [-0.25, -0.2) is 0 Å². The summed E-state index contributed by atoms with van der Waals surface area (Å²) >= 11 is 11.9. The van der Waals surface area contributed by atoms with Crippen molar-refractivity contribution in [2.45, 2.75) is 13.0 Å². The van der Waals surface area contributed by atoms with Crippen LogP contribution in [-0.2, 0) is 20.9 Å². The van der Waals surface area contributed by atoms with Crippen molar-refractivity contribution in [3.05, 3.63) is 82.3 Å². The predicted molar refractivity (Wildman–Crippen MR) is 142 cm³/mol. The summed E-state index contributed by atoms with van der Waals surface area (Å²) in [6.07, 6.45) is 0.139. The fourth-order valence-corrected chi connectivity index (χ4v) is 4.43. The van der Waals surface area contributed by atoms with Crippen LogP contribution < -0.4 is 25.0 Å². The Morgan fingerprint density at radius 1 is 0.973 bits per heavy atom. The number of benzene rings is 3. The van der Waals surface area contributed by atoms with Crippen LogP contribution in [0.2, 0.25) is 10.0 Å². The van der Waals surface area contributed by atoms with E-state index in [1.807, 2.05) is 24.3 Å². The molecule has 1 aliphatic heterocycles. The van der Waals surface area contributed by atoms with Crippen LogP contribution in [0.1, 0.15) is 12.0 Å². The van der Waals surface area contributed by atoms with Crippen LogP contribution in [0.25, 0.3) is 0 Å². The second kappa shape index (κ2) is 12.0. The van der Waals surface area contributed by atoms with Crippen molar-refractivity contribution < 1.29 is 23.9 Å². The van der Waals surface area contributed by atoms with E-state index in [4.69, 9.17) is 32.7 Å². The Morgan fingerprint density at radius 2 is 1.62 bits per heavy atom. The number of carbonyl (C=O) groups is 3.